The molecule has 2 rings (SSSR count). The molecular weight excluding hydrogens is 255 g/mol. The molecule has 92 valence electrons. The Labute approximate surface area is 108 Å². The van der Waals surface area contributed by atoms with Crippen molar-refractivity contribution in [2.75, 3.05) is 11.1 Å². The van der Waals surface area contributed by atoms with Gasteiger partial charge in [-0.25, -0.2) is 4.39 Å². The molecule has 5 heteroatoms. The third kappa shape index (κ3) is 2.78. The van der Waals surface area contributed by atoms with Crippen LogP contribution in [0, 0.1) is 5.82 Å². The number of carbonyl (C=O) groups excluding carboxylic acids is 1. The molecule has 0 fully saturated rings. The number of benzene rings is 2. The molecule has 0 aliphatic carbocycles. The van der Waals surface area contributed by atoms with E-state index in [1.807, 2.05) is 0 Å². The Morgan fingerprint density at radius 1 is 1.17 bits per heavy atom. The predicted molar refractivity (Wildman–Crippen MR) is 70.2 cm³/mol. The van der Waals surface area contributed by atoms with E-state index in [0.29, 0.717) is 16.4 Å². The van der Waals surface area contributed by atoms with E-state index < -0.39 is 0 Å². The third-order valence-electron chi connectivity index (χ3n) is 2.34. The maximum Gasteiger partial charge on any atom is 0.257 e. The minimum absolute atomic E-state index is 0.279. The Balaban J connectivity index is 2.21. The van der Waals surface area contributed by atoms with E-state index in [0.717, 1.165) is 0 Å². The largest absolute Gasteiger partial charge is 0.399 e. The summed E-state index contributed by atoms with van der Waals surface area (Å²) in [7, 11) is 0. The van der Waals surface area contributed by atoms with Crippen molar-refractivity contribution in [3.8, 4) is 0 Å². The van der Waals surface area contributed by atoms with Gasteiger partial charge < -0.3 is 11.1 Å². The predicted octanol–water partition coefficient (Wildman–Crippen LogP) is 3.31. The number of nitrogens with two attached hydrogens (primary N) is 1. The van der Waals surface area contributed by atoms with E-state index in [2.05, 4.69) is 5.32 Å². The van der Waals surface area contributed by atoms with Crippen LogP contribution >= 0.6 is 11.6 Å². The first-order valence-electron chi connectivity index (χ1n) is 5.18. The lowest BCUT2D eigenvalue weighted by molar-refractivity contribution is 0.102. The fourth-order valence-electron chi connectivity index (χ4n) is 1.45. The van der Waals surface area contributed by atoms with Gasteiger partial charge in [0, 0.05) is 11.4 Å². The van der Waals surface area contributed by atoms with Crippen LogP contribution in [0.3, 0.4) is 0 Å². The molecule has 0 saturated carbocycles. The zero-order valence-corrected chi connectivity index (χ0v) is 10.0. The van der Waals surface area contributed by atoms with Crippen molar-refractivity contribution < 1.29 is 9.18 Å². The molecule has 0 spiro atoms. The number of hydrogen-bond donors (Lipinski definition) is 2. The van der Waals surface area contributed by atoms with Gasteiger partial charge in [0.2, 0.25) is 0 Å². The molecule has 2 aromatic carbocycles. The molecule has 0 atom stereocenters. The van der Waals surface area contributed by atoms with Crippen LogP contribution in [0.2, 0.25) is 5.02 Å². The van der Waals surface area contributed by atoms with Crippen molar-refractivity contribution >= 4 is 28.9 Å². The van der Waals surface area contributed by atoms with E-state index in [9.17, 15) is 9.18 Å². The lowest BCUT2D eigenvalue weighted by atomic mass is 10.2. The Hall–Kier alpha value is -2.07. The second kappa shape index (κ2) is 5.06. The fraction of sp³-hybridized carbons (Fsp3) is 0. The number of nitrogens with one attached hydrogen (secondary N) is 1. The molecule has 2 aromatic rings. The molecule has 0 bridgehead atoms. The summed E-state index contributed by atoms with van der Waals surface area (Å²) in [6, 6.07) is 10.1. The van der Waals surface area contributed by atoms with Crippen molar-refractivity contribution in [1.29, 1.82) is 0 Å². The van der Waals surface area contributed by atoms with E-state index in [4.69, 9.17) is 17.3 Å². The van der Waals surface area contributed by atoms with Crippen LogP contribution in [-0.2, 0) is 0 Å². The van der Waals surface area contributed by atoms with Gasteiger partial charge in [-0.15, -0.1) is 0 Å². The van der Waals surface area contributed by atoms with Gasteiger partial charge in [0.15, 0.2) is 0 Å². The van der Waals surface area contributed by atoms with Crippen LogP contribution in [0.15, 0.2) is 42.5 Å². The van der Waals surface area contributed by atoms with Crippen molar-refractivity contribution in [2.24, 2.45) is 0 Å². The number of halogens is 2. The third-order valence-corrected chi connectivity index (χ3v) is 2.67. The molecule has 0 radical (unpaired) electrons. The van der Waals surface area contributed by atoms with Crippen LogP contribution in [0.5, 0.6) is 0 Å². The quantitative estimate of drug-likeness (QED) is 0.818. The SMILES string of the molecule is Nc1ccc(Cl)c(C(=O)Nc2ccc(F)cc2)c1. The minimum Gasteiger partial charge on any atom is -0.399 e. The highest BCUT2D eigenvalue weighted by Crippen LogP contribution is 2.20. The number of amides is 1. The Kier molecular flexibility index (Phi) is 3.48. The second-order valence-electron chi connectivity index (χ2n) is 3.70. The lowest BCUT2D eigenvalue weighted by Gasteiger charge is -2.07. The van der Waals surface area contributed by atoms with E-state index in [1.165, 1.54) is 30.3 Å². The van der Waals surface area contributed by atoms with Crippen molar-refractivity contribution in [3.05, 3.63) is 58.9 Å². The van der Waals surface area contributed by atoms with Crippen molar-refractivity contribution in [2.45, 2.75) is 0 Å². The Morgan fingerprint density at radius 3 is 2.50 bits per heavy atom. The molecular formula is C13H10ClFN2O. The van der Waals surface area contributed by atoms with Crippen molar-refractivity contribution in [3.63, 3.8) is 0 Å². The second-order valence-corrected chi connectivity index (χ2v) is 4.11. The summed E-state index contributed by atoms with van der Waals surface area (Å²) in [6.07, 6.45) is 0. The molecule has 0 aromatic heterocycles. The lowest BCUT2D eigenvalue weighted by Crippen LogP contribution is -2.12. The van der Waals surface area contributed by atoms with Gasteiger partial charge >= 0.3 is 0 Å². The summed E-state index contributed by atoms with van der Waals surface area (Å²) in [5.74, 6) is -0.756. The Morgan fingerprint density at radius 2 is 1.83 bits per heavy atom. The summed E-state index contributed by atoms with van der Waals surface area (Å²) in [5.41, 5.74) is 6.80. The summed E-state index contributed by atoms with van der Waals surface area (Å²) >= 11 is 5.91. The number of carbonyl (C=O) groups is 1. The first-order valence-corrected chi connectivity index (χ1v) is 5.56. The average molecular weight is 265 g/mol. The van der Waals surface area contributed by atoms with Gasteiger partial charge in [0.25, 0.3) is 5.91 Å². The standard InChI is InChI=1S/C13H10ClFN2O/c14-12-6-3-9(16)7-11(12)13(18)17-10-4-1-8(15)2-5-10/h1-7H,16H2,(H,17,18). The summed E-state index contributed by atoms with van der Waals surface area (Å²) in [4.78, 5) is 11.9. The topological polar surface area (TPSA) is 55.1 Å². The van der Waals surface area contributed by atoms with E-state index in [-0.39, 0.29) is 17.3 Å². The molecule has 0 saturated heterocycles. The summed E-state index contributed by atoms with van der Waals surface area (Å²) in [6.45, 7) is 0. The van der Waals surface area contributed by atoms with Gasteiger partial charge in [-0.1, -0.05) is 11.6 Å². The molecule has 0 heterocycles. The van der Waals surface area contributed by atoms with Crippen LogP contribution in [-0.4, -0.2) is 5.91 Å². The number of hydrogen-bond acceptors (Lipinski definition) is 2. The first-order chi connectivity index (χ1) is 8.56. The number of rotatable bonds is 2. The highest BCUT2D eigenvalue weighted by Gasteiger charge is 2.10. The molecule has 0 unspecified atom stereocenters. The van der Waals surface area contributed by atoms with Gasteiger partial charge in [0.05, 0.1) is 10.6 Å². The maximum atomic E-state index is 12.7. The summed E-state index contributed by atoms with van der Waals surface area (Å²) < 4.78 is 12.7. The first kappa shape index (κ1) is 12.4. The van der Waals surface area contributed by atoms with Gasteiger partial charge in [-0.3, -0.25) is 4.79 Å². The van der Waals surface area contributed by atoms with Gasteiger partial charge in [0.1, 0.15) is 5.82 Å². The molecule has 3 N–H and O–H groups in total. The number of nitrogen functional groups attached to an aromatic ring is 1. The molecule has 3 nitrogen and oxygen atoms in total. The fourth-order valence-corrected chi connectivity index (χ4v) is 1.65. The molecule has 1 amide bonds. The van der Waals surface area contributed by atoms with E-state index >= 15 is 0 Å². The normalized spacial score (nSPS) is 10.1. The molecule has 18 heavy (non-hydrogen) atoms. The highest BCUT2D eigenvalue weighted by atomic mass is 35.5. The zero-order chi connectivity index (χ0) is 13.1. The number of anilines is 2. The van der Waals surface area contributed by atoms with Crippen molar-refractivity contribution in [1.82, 2.24) is 0 Å². The van der Waals surface area contributed by atoms with Gasteiger partial charge in [-0.2, -0.15) is 0 Å². The zero-order valence-electron chi connectivity index (χ0n) is 9.28. The van der Waals surface area contributed by atoms with Crippen LogP contribution in [0.25, 0.3) is 0 Å². The van der Waals surface area contributed by atoms with Crippen LogP contribution in [0.1, 0.15) is 10.4 Å². The average Bonchev–Trinajstić information content (AvgIpc) is 2.35. The monoisotopic (exact) mass is 264 g/mol. The van der Waals surface area contributed by atoms with E-state index in [1.54, 1.807) is 12.1 Å². The molecule has 0 aliphatic rings. The van der Waals surface area contributed by atoms with Crippen LogP contribution in [0.4, 0.5) is 15.8 Å². The minimum atomic E-state index is -0.390. The highest BCUT2D eigenvalue weighted by molar-refractivity contribution is 6.34. The maximum absolute atomic E-state index is 12.7. The Bertz CT molecular complexity index is 584. The smallest absolute Gasteiger partial charge is 0.257 e. The molecule has 0 aliphatic heterocycles. The van der Waals surface area contributed by atoms with Crippen LogP contribution < -0.4 is 11.1 Å². The van der Waals surface area contributed by atoms with Gasteiger partial charge in [-0.05, 0) is 42.5 Å². The summed E-state index contributed by atoms with van der Waals surface area (Å²) in [5, 5.41) is 2.92.